The van der Waals surface area contributed by atoms with Gasteiger partial charge in [0, 0.05) is 0 Å². The van der Waals surface area contributed by atoms with E-state index in [1.165, 1.54) is 11.2 Å². The second-order valence-electron chi connectivity index (χ2n) is 2.86. The molecule has 1 saturated heterocycles. The van der Waals surface area contributed by atoms with Crippen LogP contribution in [0.2, 0.25) is 0 Å². The lowest BCUT2D eigenvalue weighted by Crippen LogP contribution is -2.33. The van der Waals surface area contributed by atoms with Crippen molar-refractivity contribution in [2.75, 3.05) is 13.1 Å². The van der Waals surface area contributed by atoms with Crippen molar-refractivity contribution in [1.82, 2.24) is 25.0 Å². The average Bonchev–Trinajstić information content (AvgIpc) is 2.76. The first-order valence-corrected chi connectivity index (χ1v) is 4.18. The molecule has 0 aromatic carbocycles. The van der Waals surface area contributed by atoms with E-state index >= 15 is 0 Å². The van der Waals surface area contributed by atoms with Crippen LogP contribution in [-0.4, -0.2) is 44.7 Å². The number of hydrogen-bond acceptors (Lipinski definition) is 4. The minimum absolute atomic E-state index is 0.0934. The van der Waals surface area contributed by atoms with Crippen molar-refractivity contribution in [3.8, 4) is 0 Å². The number of carbonyl (C=O) groups excluding carboxylic acids is 2. The maximum absolute atomic E-state index is 11.1. The molecule has 0 atom stereocenters. The molecule has 1 N–H and O–H groups in total. The van der Waals surface area contributed by atoms with Gasteiger partial charge in [0.05, 0.1) is 19.6 Å². The van der Waals surface area contributed by atoms with Crippen molar-refractivity contribution in [2.24, 2.45) is 0 Å². The number of carbonyl (C=O) groups is 2. The van der Waals surface area contributed by atoms with Gasteiger partial charge in [0.25, 0.3) is 0 Å². The molecule has 2 heterocycles. The third-order valence-corrected chi connectivity index (χ3v) is 1.96. The van der Waals surface area contributed by atoms with E-state index in [9.17, 15) is 9.59 Å². The number of hydrogen-bond donors (Lipinski definition) is 1. The van der Waals surface area contributed by atoms with Gasteiger partial charge in [0.2, 0.25) is 5.91 Å². The normalized spacial score (nSPS) is 16.1. The highest BCUT2D eigenvalue weighted by molar-refractivity contribution is 6.01. The predicted molar refractivity (Wildman–Crippen MR) is 45.1 cm³/mol. The molecule has 1 aliphatic rings. The second-order valence-corrected chi connectivity index (χ2v) is 2.86. The lowest BCUT2D eigenvalue weighted by molar-refractivity contribution is -0.125. The Morgan fingerprint density at radius 3 is 2.86 bits per heavy atom. The van der Waals surface area contributed by atoms with E-state index in [0.717, 1.165) is 0 Å². The molecule has 2 rings (SSSR count). The molecule has 1 aliphatic heterocycles. The van der Waals surface area contributed by atoms with Crippen LogP contribution in [0.15, 0.2) is 12.7 Å². The summed E-state index contributed by atoms with van der Waals surface area (Å²) in [5.41, 5.74) is 0. The molecule has 3 amide bonds. The van der Waals surface area contributed by atoms with Crippen LogP contribution in [-0.2, 0) is 11.3 Å². The monoisotopic (exact) mass is 195 g/mol. The van der Waals surface area contributed by atoms with Crippen LogP contribution in [0.1, 0.15) is 0 Å². The Morgan fingerprint density at radius 1 is 1.43 bits per heavy atom. The van der Waals surface area contributed by atoms with Gasteiger partial charge in [-0.25, -0.2) is 9.78 Å². The average molecular weight is 195 g/mol. The first kappa shape index (κ1) is 8.67. The standard InChI is InChI=1S/C7H9N5O2/c13-6-3-9-7(14)12(6)2-1-11-5-8-4-10-11/h4-5H,1-3H2,(H,9,14). The van der Waals surface area contributed by atoms with Gasteiger partial charge in [-0.15, -0.1) is 0 Å². The fourth-order valence-electron chi connectivity index (χ4n) is 1.23. The fraction of sp³-hybridized carbons (Fsp3) is 0.429. The summed E-state index contributed by atoms with van der Waals surface area (Å²) in [6.07, 6.45) is 2.95. The third-order valence-electron chi connectivity index (χ3n) is 1.96. The molecule has 7 heteroatoms. The number of rotatable bonds is 3. The van der Waals surface area contributed by atoms with Crippen LogP contribution >= 0.6 is 0 Å². The van der Waals surface area contributed by atoms with E-state index in [1.54, 1.807) is 11.0 Å². The third kappa shape index (κ3) is 1.56. The molecule has 1 aromatic heterocycles. The van der Waals surface area contributed by atoms with Crippen molar-refractivity contribution in [1.29, 1.82) is 0 Å². The first-order valence-electron chi connectivity index (χ1n) is 4.18. The molecule has 0 bridgehead atoms. The molecular weight excluding hydrogens is 186 g/mol. The van der Waals surface area contributed by atoms with Crippen LogP contribution in [0, 0.1) is 0 Å². The lowest BCUT2D eigenvalue weighted by atomic mass is 10.5. The SMILES string of the molecule is O=C1CNC(=O)N1CCn1cncn1. The van der Waals surface area contributed by atoms with E-state index in [4.69, 9.17) is 0 Å². The lowest BCUT2D eigenvalue weighted by Gasteiger charge is -2.11. The van der Waals surface area contributed by atoms with Crippen LogP contribution in [0.4, 0.5) is 4.79 Å². The van der Waals surface area contributed by atoms with E-state index < -0.39 is 0 Å². The van der Waals surface area contributed by atoms with Gasteiger partial charge in [0.15, 0.2) is 0 Å². The Labute approximate surface area is 79.7 Å². The number of amides is 3. The van der Waals surface area contributed by atoms with Crippen molar-refractivity contribution in [2.45, 2.75) is 6.54 Å². The zero-order valence-corrected chi connectivity index (χ0v) is 7.38. The van der Waals surface area contributed by atoms with Crippen molar-refractivity contribution >= 4 is 11.9 Å². The Kier molecular flexibility index (Phi) is 2.13. The Morgan fingerprint density at radius 2 is 2.29 bits per heavy atom. The van der Waals surface area contributed by atoms with E-state index in [-0.39, 0.29) is 18.5 Å². The minimum Gasteiger partial charge on any atom is -0.329 e. The van der Waals surface area contributed by atoms with Gasteiger partial charge in [-0.1, -0.05) is 0 Å². The van der Waals surface area contributed by atoms with Gasteiger partial charge in [-0.2, -0.15) is 5.10 Å². The van der Waals surface area contributed by atoms with Crippen LogP contribution in [0.3, 0.4) is 0 Å². The molecule has 0 radical (unpaired) electrons. The zero-order chi connectivity index (χ0) is 9.97. The van der Waals surface area contributed by atoms with Crippen molar-refractivity contribution in [3.63, 3.8) is 0 Å². The fourth-order valence-corrected chi connectivity index (χ4v) is 1.23. The minimum atomic E-state index is -0.338. The maximum Gasteiger partial charge on any atom is 0.324 e. The van der Waals surface area contributed by atoms with Gasteiger partial charge in [-0.05, 0) is 0 Å². The molecular formula is C7H9N5O2. The highest BCUT2D eigenvalue weighted by Gasteiger charge is 2.27. The Hall–Kier alpha value is -1.92. The predicted octanol–water partition coefficient (Wildman–Crippen LogP) is -1.17. The second kappa shape index (κ2) is 3.44. The van der Waals surface area contributed by atoms with E-state index in [0.29, 0.717) is 13.1 Å². The quantitative estimate of drug-likeness (QED) is 0.616. The summed E-state index contributed by atoms with van der Waals surface area (Å²) in [6.45, 7) is 0.892. The van der Waals surface area contributed by atoms with E-state index in [1.807, 2.05) is 0 Å². The highest BCUT2D eigenvalue weighted by Crippen LogP contribution is 1.98. The zero-order valence-electron chi connectivity index (χ0n) is 7.38. The molecule has 74 valence electrons. The van der Waals surface area contributed by atoms with Gasteiger partial charge in [0.1, 0.15) is 12.7 Å². The number of nitrogens with zero attached hydrogens (tertiary/aromatic N) is 4. The summed E-state index contributed by atoms with van der Waals surface area (Å²) in [7, 11) is 0. The van der Waals surface area contributed by atoms with Gasteiger partial charge in [-0.3, -0.25) is 14.4 Å². The molecule has 7 nitrogen and oxygen atoms in total. The summed E-state index contributed by atoms with van der Waals surface area (Å²) >= 11 is 0. The van der Waals surface area contributed by atoms with E-state index in [2.05, 4.69) is 15.4 Å². The van der Waals surface area contributed by atoms with Gasteiger partial charge >= 0.3 is 6.03 Å². The molecule has 0 spiro atoms. The number of nitrogens with one attached hydrogen (secondary N) is 1. The maximum atomic E-state index is 11.1. The molecule has 0 saturated carbocycles. The largest absolute Gasteiger partial charge is 0.329 e. The smallest absolute Gasteiger partial charge is 0.324 e. The van der Waals surface area contributed by atoms with Crippen LogP contribution < -0.4 is 5.32 Å². The molecule has 0 aliphatic carbocycles. The molecule has 0 unspecified atom stereocenters. The topological polar surface area (TPSA) is 80.1 Å². The summed E-state index contributed by atoms with van der Waals surface area (Å²) in [5.74, 6) is -0.199. The Bertz CT molecular complexity index is 331. The summed E-state index contributed by atoms with van der Waals surface area (Å²) in [5, 5.41) is 6.30. The molecule has 1 fully saturated rings. The van der Waals surface area contributed by atoms with Crippen molar-refractivity contribution in [3.05, 3.63) is 12.7 Å². The Balaban J connectivity index is 1.92. The van der Waals surface area contributed by atoms with Crippen molar-refractivity contribution < 1.29 is 9.59 Å². The summed E-state index contributed by atoms with van der Waals surface area (Å²) in [6, 6.07) is -0.338. The summed E-state index contributed by atoms with van der Waals surface area (Å²) < 4.78 is 1.57. The van der Waals surface area contributed by atoms with Crippen LogP contribution in [0.25, 0.3) is 0 Å². The summed E-state index contributed by atoms with van der Waals surface area (Å²) in [4.78, 5) is 27.2. The number of urea groups is 1. The highest BCUT2D eigenvalue weighted by atomic mass is 16.2. The van der Waals surface area contributed by atoms with Crippen LogP contribution in [0.5, 0.6) is 0 Å². The number of imide groups is 1. The van der Waals surface area contributed by atoms with Gasteiger partial charge < -0.3 is 5.32 Å². The molecule has 14 heavy (non-hydrogen) atoms. The molecule has 1 aromatic rings. The first-order chi connectivity index (χ1) is 6.77. The number of aromatic nitrogens is 3.